The number of benzene rings is 1. The van der Waals surface area contributed by atoms with Gasteiger partial charge in [0.2, 0.25) is 33.5 Å². The van der Waals surface area contributed by atoms with Gasteiger partial charge in [0.05, 0.1) is 48.2 Å². The topological polar surface area (TPSA) is 196 Å². The van der Waals surface area contributed by atoms with Crippen LogP contribution < -0.4 is 24.2 Å². The third kappa shape index (κ3) is 8.25. The summed E-state index contributed by atoms with van der Waals surface area (Å²) in [5, 5.41) is 6.49. The lowest BCUT2D eigenvalue weighted by Crippen LogP contribution is -2.52. The summed E-state index contributed by atoms with van der Waals surface area (Å²) in [6.45, 7) is 5.66. The summed E-state index contributed by atoms with van der Waals surface area (Å²) >= 11 is 0. The minimum atomic E-state index is -3.87. The van der Waals surface area contributed by atoms with Crippen LogP contribution in [-0.2, 0) is 24.4 Å². The fourth-order valence-corrected chi connectivity index (χ4v) is 9.29. The fraction of sp³-hybridized carbons (Fsp3) is 0.550. The van der Waals surface area contributed by atoms with E-state index >= 15 is 0 Å². The Kier molecular flexibility index (Phi) is 11.1. The Morgan fingerprint density at radius 2 is 1.88 bits per heavy atom. The maximum atomic E-state index is 14.6. The van der Waals surface area contributed by atoms with Crippen LogP contribution in [0, 0.1) is 18.3 Å². The number of carbonyl (C=O) groups is 4. The van der Waals surface area contributed by atoms with E-state index in [1.54, 1.807) is 13.2 Å². The molecule has 4 aliphatic rings. The van der Waals surface area contributed by atoms with Crippen molar-refractivity contribution in [2.75, 3.05) is 13.7 Å². The van der Waals surface area contributed by atoms with Gasteiger partial charge in [0.1, 0.15) is 23.6 Å². The quantitative estimate of drug-likeness (QED) is 0.272. The van der Waals surface area contributed by atoms with Crippen LogP contribution in [0.5, 0.6) is 17.4 Å². The molecule has 16 heteroatoms. The molecule has 1 saturated heterocycles. The molecular weight excluding hydrogens is 743 g/mol. The highest BCUT2D eigenvalue weighted by molar-refractivity contribution is 7.90. The van der Waals surface area contributed by atoms with Crippen LogP contribution in [0.15, 0.2) is 47.1 Å². The van der Waals surface area contributed by atoms with Crippen molar-refractivity contribution in [3.8, 4) is 17.4 Å². The number of fused-ring (bicyclic) bond motifs is 3. The number of nitrogens with zero attached hydrogens (tertiary/aromatic N) is 3. The number of carbonyl (C=O) groups excluding carboxylic acids is 4. The lowest BCUT2D eigenvalue weighted by molar-refractivity contribution is -0.140. The number of hydrogen-bond acceptors (Lipinski definition) is 12. The molecule has 0 bridgehead atoms. The standard InChI is InChI=1S/C40H49N5O10S/c1-23(2)53-35-19-34(28-14-15-32(52-4)24(3)36(28)43-35)54-26-18-30-31(46)21-40(39(49)44-56(50,51)27-12-13-27)20-25(40)10-8-6-5-7-9-11-29(38(48)45(30)22-26)42-37(47)33-16-17-41-55-33/h8,10,14-17,19,23,25-27,29-30H,5-7,9,11-13,18,20-22H2,1-4H3,(H,42,47)(H,44,49)/b10-8-/t25-,26-,29+,30+,40-/m1/s1. The number of allylic oxidation sites excluding steroid dienone is 2. The van der Waals surface area contributed by atoms with Crippen LogP contribution in [0.3, 0.4) is 0 Å². The molecule has 3 aromatic rings. The molecule has 5 atom stereocenters. The van der Waals surface area contributed by atoms with E-state index in [2.05, 4.69) is 15.2 Å². The highest BCUT2D eigenvalue weighted by Crippen LogP contribution is 2.57. The van der Waals surface area contributed by atoms with Gasteiger partial charge in [-0.05, 0) is 77.3 Å². The number of nitrogens with one attached hydrogen (secondary N) is 2. The molecule has 300 valence electrons. The van der Waals surface area contributed by atoms with Crippen LogP contribution in [0.1, 0.15) is 94.2 Å². The Labute approximate surface area is 325 Å². The molecule has 2 N–H and O–H groups in total. The van der Waals surface area contributed by atoms with Gasteiger partial charge in [-0.25, -0.2) is 13.4 Å². The SMILES string of the molecule is COc1ccc2c(O[C@@H]3C[C@H]4C(=O)C[C@]5(C(=O)NS(=O)(=O)C6CC6)C[C@H]5/C=C\CCCCC[C@H](NC(=O)c5ccno5)C(=O)N4C3)cc(OC(C)C)nc2c1C. The van der Waals surface area contributed by atoms with Gasteiger partial charge in [0, 0.05) is 35.9 Å². The fourth-order valence-electron chi connectivity index (χ4n) is 7.91. The van der Waals surface area contributed by atoms with Crippen molar-refractivity contribution in [3.05, 3.63) is 53.9 Å². The molecule has 2 aliphatic carbocycles. The second kappa shape index (κ2) is 15.9. The zero-order valence-electron chi connectivity index (χ0n) is 32.1. The molecule has 3 fully saturated rings. The molecule has 2 aliphatic heterocycles. The number of rotatable bonds is 10. The zero-order chi connectivity index (χ0) is 39.8. The van der Waals surface area contributed by atoms with Crippen molar-refractivity contribution in [3.63, 3.8) is 0 Å². The predicted octanol–water partition coefficient (Wildman–Crippen LogP) is 4.57. The molecule has 1 aromatic carbocycles. The van der Waals surface area contributed by atoms with Gasteiger partial charge in [-0.1, -0.05) is 30.2 Å². The summed E-state index contributed by atoms with van der Waals surface area (Å²) < 4.78 is 51.4. The summed E-state index contributed by atoms with van der Waals surface area (Å²) in [7, 11) is -2.29. The maximum absolute atomic E-state index is 14.6. The van der Waals surface area contributed by atoms with Gasteiger partial charge in [-0.2, -0.15) is 0 Å². The van der Waals surface area contributed by atoms with Gasteiger partial charge in [-0.3, -0.25) is 23.9 Å². The highest BCUT2D eigenvalue weighted by atomic mass is 32.2. The first kappa shape index (κ1) is 39.3. The van der Waals surface area contributed by atoms with E-state index in [1.807, 2.05) is 45.1 Å². The third-order valence-corrected chi connectivity index (χ3v) is 13.0. The number of methoxy groups -OCH3 is 1. The average molecular weight is 792 g/mol. The molecule has 2 aromatic heterocycles. The van der Waals surface area contributed by atoms with E-state index in [0.717, 1.165) is 18.4 Å². The minimum absolute atomic E-state index is 0.00181. The number of aromatic nitrogens is 2. The Balaban J connectivity index is 1.23. The molecule has 0 spiro atoms. The minimum Gasteiger partial charge on any atom is -0.496 e. The summed E-state index contributed by atoms with van der Waals surface area (Å²) in [5.74, 6) is -1.15. The Morgan fingerprint density at radius 3 is 2.59 bits per heavy atom. The lowest BCUT2D eigenvalue weighted by atomic mass is 9.91. The number of Topliss-reactive ketones (excluding diaryl/α,β-unsaturated/α-hetero) is 1. The largest absolute Gasteiger partial charge is 0.496 e. The van der Waals surface area contributed by atoms with Gasteiger partial charge >= 0.3 is 0 Å². The van der Waals surface area contributed by atoms with Gasteiger partial charge in [0.15, 0.2) is 5.78 Å². The van der Waals surface area contributed by atoms with Gasteiger partial charge in [-0.15, -0.1) is 0 Å². The van der Waals surface area contributed by atoms with Crippen LogP contribution in [0.2, 0.25) is 0 Å². The Hall–Kier alpha value is -4.99. The third-order valence-electron chi connectivity index (χ3n) is 11.2. The monoisotopic (exact) mass is 791 g/mol. The highest BCUT2D eigenvalue weighted by Gasteiger charge is 2.61. The molecule has 7 rings (SSSR count). The van der Waals surface area contributed by atoms with Crippen molar-refractivity contribution in [2.45, 2.75) is 115 Å². The zero-order valence-corrected chi connectivity index (χ0v) is 32.9. The maximum Gasteiger partial charge on any atom is 0.290 e. The summed E-state index contributed by atoms with van der Waals surface area (Å²) in [4.78, 5) is 62.5. The van der Waals surface area contributed by atoms with Crippen molar-refractivity contribution >= 4 is 44.4 Å². The first-order chi connectivity index (χ1) is 26.8. The number of pyridine rings is 1. The number of amides is 3. The van der Waals surface area contributed by atoms with Gasteiger partial charge in [0.25, 0.3) is 5.91 Å². The summed E-state index contributed by atoms with van der Waals surface area (Å²) in [6.07, 6.45) is 8.65. The van der Waals surface area contributed by atoms with Crippen LogP contribution in [-0.4, -0.2) is 90.2 Å². The first-order valence-electron chi connectivity index (χ1n) is 19.4. The van der Waals surface area contributed by atoms with E-state index < -0.39 is 62.4 Å². The molecule has 0 unspecified atom stereocenters. The molecule has 3 amide bonds. The van der Waals surface area contributed by atoms with Crippen molar-refractivity contribution in [1.29, 1.82) is 0 Å². The van der Waals surface area contributed by atoms with E-state index in [0.29, 0.717) is 66.8 Å². The Bertz CT molecular complexity index is 2130. The van der Waals surface area contributed by atoms with Crippen molar-refractivity contribution in [1.82, 2.24) is 25.1 Å². The molecule has 0 radical (unpaired) electrons. The summed E-state index contributed by atoms with van der Waals surface area (Å²) in [6, 6.07) is 4.71. The smallest absolute Gasteiger partial charge is 0.290 e. The Morgan fingerprint density at radius 1 is 1.07 bits per heavy atom. The molecular formula is C40H49N5O10S. The van der Waals surface area contributed by atoms with E-state index in [1.165, 1.54) is 17.2 Å². The van der Waals surface area contributed by atoms with Crippen LogP contribution in [0.4, 0.5) is 0 Å². The van der Waals surface area contributed by atoms with Crippen LogP contribution in [0.25, 0.3) is 10.9 Å². The molecule has 15 nitrogen and oxygen atoms in total. The van der Waals surface area contributed by atoms with Crippen molar-refractivity contribution < 1.29 is 46.3 Å². The van der Waals surface area contributed by atoms with Gasteiger partial charge < -0.3 is 29.0 Å². The van der Waals surface area contributed by atoms with E-state index in [4.69, 9.17) is 23.7 Å². The normalized spacial score (nSPS) is 26.4. The number of sulfonamides is 1. The molecule has 4 heterocycles. The first-order valence-corrected chi connectivity index (χ1v) is 20.9. The average Bonchev–Trinajstić information content (AvgIpc) is 4.01. The number of ether oxygens (including phenoxy) is 3. The van der Waals surface area contributed by atoms with E-state index in [9.17, 15) is 27.6 Å². The lowest BCUT2D eigenvalue weighted by Gasteiger charge is -2.29. The van der Waals surface area contributed by atoms with Crippen LogP contribution >= 0.6 is 0 Å². The second-order valence-electron chi connectivity index (χ2n) is 15.7. The molecule has 56 heavy (non-hydrogen) atoms. The predicted molar refractivity (Wildman–Crippen MR) is 204 cm³/mol. The number of ketones is 1. The van der Waals surface area contributed by atoms with E-state index in [-0.39, 0.29) is 37.2 Å². The number of hydrogen-bond donors (Lipinski definition) is 2. The second-order valence-corrected chi connectivity index (χ2v) is 17.6. The summed E-state index contributed by atoms with van der Waals surface area (Å²) in [5.41, 5.74) is 0.110. The molecule has 2 saturated carbocycles. The van der Waals surface area contributed by atoms with Crippen molar-refractivity contribution in [2.24, 2.45) is 11.3 Å². The number of aryl methyl sites for hydroxylation is 1.